The predicted molar refractivity (Wildman–Crippen MR) is 91.2 cm³/mol. The molecule has 0 aliphatic heterocycles. The molecule has 0 aliphatic carbocycles. The van der Waals surface area contributed by atoms with Crippen molar-refractivity contribution in [2.75, 3.05) is 31.4 Å². The largest absolute Gasteiger partial charge is 0.496 e. The molecule has 0 fully saturated rings. The van der Waals surface area contributed by atoms with Crippen LogP contribution in [0.3, 0.4) is 0 Å². The molecule has 1 amide bonds. The zero-order valence-electron chi connectivity index (χ0n) is 13.6. The van der Waals surface area contributed by atoms with Gasteiger partial charge in [-0.05, 0) is 24.6 Å². The van der Waals surface area contributed by atoms with E-state index in [2.05, 4.69) is 5.32 Å². The monoisotopic (exact) mass is 311 g/mol. The van der Waals surface area contributed by atoms with E-state index < -0.39 is 0 Å². The van der Waals surface area contributed by atoms with Gasteiger partial charge in [0.2, 0.25) is 6.29 Å². The summed E-state index contributed by atoms with van der Waals surface area (Å²) in [5.74, 6) is 0.154. The van der Waals surface area contributed by atoms with E-state index in [9.17, 15) is 9.59 Å². The van der Waals surface area contributed by atoms with Crippen molar-refractivity contribution in [3.05, 3.63) is 53.1 Å². The highest BCUT2D eigenvalue weighted by Gasteiger charge is 2.16. The van der Waals surface area contributed by atoms with E-state index in [0.29, 0.717) is 28.3 Å². The number of rotatable bonds is 5. The summed E-state index contributed by atoms with van der Waals surface area (Å²) in [7, 11) is 5.14. The van der Waals surface area contributed by atoms with E-state index >= 15 is 0 Å². The van der Waals surface area contributed by atoms with Crippen molar-refractivity contribution in [2.45, 2.75) is 6.92 Å². The molecule has 0 atom stereocenters. The van der Waals surface area contributed by atoms with Gasteiger partial charge < -0.3 is 15.0 Å². The van der Waals surface area contributed by atoms with Crippen molar-refractivity contribution in [1.29, 1.82) is 0 Å². The quantitative estimate of drug-likeness (QED) is 0.922. The summed E-state index contributed by atoms with van der Waals surface area (Å²) in [6.45, 7) is 1.88. The minimum atomic E-state index is -0.212. The van der Waals surface area contributed by atoms with Crippen LogP contribution in [0.25, 0.3) is 0 Å². The average molecular weight is 311 g/mol. The summed E-state index contributed by atoms with van der Waals surface area (Å²) in [5, 5.41) is 2.88. The number of carbonyl (C=O) groups is 1. The van der Waals surface area contributed by atoms with Crippen LogP contribution >= 0.6 is 0 Å². The van der Waals surface area contributed by atoms with Gasteiger partial charge in [0, 0.05) is 25.7 Å². The van der Waals surface area contributed by atoms with Crippen molar-refractivity contribution in [3.8, 4) is 5.75 Å². The van der Waals surface area contributed by atoms with Gasteiger partial charge in [0.25, 0.3) is 5.91 Å². The van der Waals surface area contributed by atoms with Crippen LogP contribution in [0.15, 0.2) is 36.4 Å². The van der Waals surface area contributed by atoms with Gasteiger partial charge in [-0.2, -0.15) is 0 Å². The summed E-state index contributed by atoms with van der Waals surface area (Å²) in [4.78, 5) is 25.4. The molecule has 5 heteroatoms. The van der Waals surface area contributed by atoms with Crippen LogP contribution in [-0.2, 0) is 4.79 Å². The number of anilines is 2. The van der Waals surface area contributed by atoms with E-state index in [-0.39, 0.29) is 5.91 Å². The Kier molecular flexibility index (Phi) is 5.01. The van der Waals surface area contributed by atoms with Crippen LogP contribution in [-0.4, -0.2) is 33.4 Å². The molecule has 0 bridgehead atoms. The summed E-state index contributed by atoms with van der Waals surface area (Å²) < 4.78 is 5.19. The molecular formula is C18H19N2O3. The molecule has 0 saturated heterocycles. The molecule has 0 unspecified atom stereocenters. The third-order valence-corrected chi connectivity index (χ3v) is 3.55. The second-order valence-electron chi connectivity index (χ2n) is 5.34. The van der Waals surface area contributed by atoms with Gasteiger partial charge in [0.15, 0.2) is 0 Å². The van der Waals surface area contributed by atoms with E-state index in [1.165, 1.54) is 7.11 Å². The normalized spacial score (nSPS) is 10.1. The SMILES string of the molecule is COc1cc(NC(=O)c2ccccc2C)c(N(C)C)cc1[C]=O. The van der Waals surface area contributed by atoms with Gasteiger partial charge in [0.1, 0.15) is 5.75 Å². The molecule has 119 valence electrons. The molecule has 1 N–H and O–H groups in total. The Morgan fingerprint density at radius 2 is 1.91 bits per heavy atom. The second kappa shape index (κ2) is 6.96. The molecular weight excluding hydrogens is 292 g/mol. The lowest BCUT2D eigenvalue weighted by Gasteiger charge is -2.20. The van der Waals surface area contributed by atoms with Crippen molar-refractivity contribution < 1.29 is 14.3 Å². The molecule has 1 radical (unpaired) electrons. The second-order valence-corrected chi connectivity index (χ2v) is 5.34. The highest BCUT2D eigenvalue weighted by Crippen LogP contribution is 2.32. The Hall–Kier alpha value is -2.82. The van der Waals surface area contributed by atoms with Crippen LogP contribution in [0, 0.1) is 6.92 Å². The molecule has 2 aromatic carbocycles. The number of hydrogen-bond acceptors (Lipinski definition) is 4. The fraction of sp³-hybridized carbons (Fsp3) is 0.222. The Balaban J connectivity index is 2.44. The van der Waals surface area contributed by atoms with Gasteiger partial charge in [-0.3, -0.25) is 9.59 Å². The maximum absolute atomic E-state index is 12.5. The van der Waals surface area contributed by atoms with Gasteiger partial charge in [-0.15, -0.1) is 0 Å². The summed E-state index contributed by atoms with van der Waals surface area (Å²) >= 11 is 0. The number of aryl methyl sites for hydroxylation is 1. The molecule has 0 heterocycles. The number of ether oxygens (including phenoxy) is 1. The van der Waals surface area contributed by atoms with Gasteiger partial charge in [0.05, 0.1) is 24.0 Å². The first-order valence-corrected chi connectivity index (χ1v) is 7.12. The van der Waals surface area contributed by atoms with Crippen LogP contribution in [0.4, 0.5) is 11.4 Å². The summed E-state index contributed by atoms with van der Waals surface area (Å²) in [6.07, 6.45) is 1.85. The molecule has 2 rings (SSSR count). The van der Waals surface area contributed by atoms with Crippen LogP contribution in [0.5, 0.6) is 5.75 Å². The maximum atomic E-state index is 12.5. The molecule has 0 aliphatic rings. The fourth-order valence-corrected chi connectivity index (χ4v) is 2.30. The number of benzene rings is 2. The highest BCUT2D eigenvalue weighted by molar-refractivity contribution is 6.07. The number of carbonyl (C=O) groups excluding carboxylic acids is 2. The third kappa shape index (κ3) is 3.51. The number of nitrogens with zero attached hydrogens (tertiary/aromatic N) is 1. The minimum absolute atomic E-state index is 0.212. The zero-order chi connectivity index (χ0) is 17.0. The standard InChI is InChI=1S/C18H19N2O3/c1-12-7-5-6-8-14(12)18(22)19-15-10-17(23-4)13(11-21)9-16(15)20(2)3/h5-10H,1-4H3,(H,19,22). The Morgan fingerprint density at radius 1 is 1.22 bits per heavy atom. The Bertz CT molecular complexity index is 739. The number of nitrogens with one attached hydrogen (secondary N) is 1. The minimum Gasteiger partial charge on any atom is -0.496 e. The fourth-order valence-electron chi connectivity index (χ4n) is 2.30. The Labute approximate surface area is 135 Å². The lowest BCUT2D eigenvalue weighted by molar-refractivity contribution is 0.102. The van der Waals surface area contributed by atoms with Gasteiger partial charge in [-0.25, -0.2) is 0 Å². The summed E-state index contributed by atoms with van der Waals surface area (Å²) in [5.41, 5.74) is 3.07. The third-order valence-electron chi connectivity index (χ3n) is 3.55. The summed E-state index contributed by atoms with van der Waals surface area (Å²) in [6, 6.07) is 10.6. The molecule has 0 aromatic heterocycles. The van der Waals surface area contributed by atoms with Crippen molar-refractivity contribution in [2.24, 2.45) is 0 Å². The van der Waals surface area contributed by atoms with Crippen molar-refractivity contribution in [1.82, 2.24) is 0 Å². The van der Waals surface area contributed by atoms with Crippen LogP contribution in [0.1, 0.15) is 21.5 Å². The van der Waals surface area contributed by atoms with E-state index in [0.717, 1.165) is 5.56 Å². The first-order chi connectivity index (χ1) is 11.0. The molecule has 0 saturated carbocycles. The zero-order valence-corrected chi connectivity index (χ0v) is 13.6. The predicted octanol–water partition coefficient (Wildman–Crippen LogP) is 2.78. The smallest absolute Gasteiger partial charge is 0.255 e. The first kappa shape index (κ1) is 16.5. The molecule has 23 heavy (non-hydrogen) atoms. The van der Waals surface area contributed by atoms with Crippen molar-refractivity contribution in [3.63, 3.8) is 0 Å². The molecule has 2 aromatic rings. The molecule has 5 nitrogen and oxygen atoms in total. The topological polar surface area (TPSA) is 58.6 Å². The van der Waals surface area contributed by atoms with Gasteiger partial charge in [-0.1, -0.05) is 18.2 Å². The lowest BCUT2D eigenvalue weighted by Crippen LogP contribution is -2.18. The number of methoxy groups -OCH3 is 1. The van der Waals surface area contributed by atoms with Crippen molar-refractivity contribution >= 4 is 23.6 Å². The average Bonchev–Trinajstić information content (AvgIpc) is 2.54. The van der Waals surface area contributed by atoms with E-state index in [4.69, 9.17) is 4.74 Å². The number of amides is 1. The van der Waals surface area contributed by atoms with E-state index in [1.54, 1.807) is 18.2 Å². The van der Waals surface area contributed by atoms with Crippen LogP contribution < -0.4 is 15.0 Å². The van der Waals surface area contributed by atoms with Crippen LogP contribution in [0.2, 0.25) is 0 Å². The Morgan fingerprint density at radius 3 is 2.48 bits per heavy atom. The number of hydrogen-bond donors (Lipinski definition) is 1. The lowest BCUT2D eigenvalue weighted by atomic mass is 10.1. The first-order valence-electron chi connectivity index (χ1n) is 7.12. The van der Waals surface area contributed by atoms with E-state index in [1.807, 2.05) is 50.4 Å². The highest BCUT2D eigenvalue weighted by atomic mass is 16.5. The molecule has 0 spiro atoms. The van der Waals surface area contributed by atoms with Gasteiger partial charge >= 0.3 is 0 Å². The maximum Gasteiger partial charge on any atom is 0.255 e.